The lowest BCUT2D eigenvalue weighted by Gasteiger charge is -2.21. The highest BCUT2D eigenvalue weighted by molar-refractivity contribution is 5.80. The molecule has 0 spiro atoms. The molecule has 1 aromatic carbocycles. The van der Waals surface area contributed by atoms with E-state index in [2.05, 4.69) is 27.4 Å². The zero-order valence-electron chi connectivity index (χ0n) is 16.7. The van der Waals surface area contributed by atoms with Gasteiger partial charge in [0.2, 0.25) is 0 Å². The number of rotatable bonds is 7. The second-order valence-electron chi connectivity index (χ2n) is 7.70. The van der Waals surface area contributed by atoms with Crippen LogP contribution in [0.3, 0.4) is 0 Å². The number of hydrogen-bond acceptors (Lipinski definition) is 4. The maximum absolute atomic E-state index is 10.2. The third kappa shape index (κ3) is 5.51. The largest absolute Gasteiger partial charge is 0.504 e. The molecular weight excluding hydrogens is 340 g/mol. The van der Waals surface area contributed by atoms with Crippen molar-refractivity contribution < 1.29 is 9.84 Å². The fourth-order valence-corrected chi connectivity index (χ4v) is 4.21. The Balaban J connectivity index is 1.55. The summed E-state index contributed by atoms with van der Waals surface area (Å²) in [6.07, 6.45) is 6.79. The second-order valence-corrected chi connectivity index (χ2v) is 7.70. The van der Waals surface area contributed by atoms with Gasteiger partial charge in [0, 0.05) is 37.8 Å². The van der Waals surface area contributed by atoms with Crippen LogP contribution in [0.4, 0.5) is 0 Å². The summed E-state index contributed by atoms with van der Waals surface area (Å²) in [6, 6.07) is 5.94. The fraction of sp³-hybridized carbons (Fsp3) is 0.667. The molecule has 2 aliphatic rings. The quantitative estimate of drug-likeness (QED) is 0.506. The van der Waals surface area contributed by atoms with Gasteiger partial charge in [0.1, 0.15) is 0 Å². The highest BCUT2D eigenvalue weighted by Gasteiger charge is 2.26. The molecule has 27 heavy (non-hydrogen) atoms. The summed E-state index contributed by atoms with van der Waals surface area (Å²) in [5.41, 5.74) is 0.765. The predicted octanol–water partition coefficient (Wildman–Crippen LogP) is 2.72. The maximum atomic E-state index is 10.2. The third-order valence-electron chi connectivity index (χ3n) is 5.66. The lowest BCUT2D eigenvalue weighted by molar-refractivity contribution is 0.275. The smallest absolute Gasteiger partial charge is 0.191 e. The number of nitrogens with one attached hydrogen (secondary N) is 2. The molecule has 150 valence electrons. The Morgan fingerprint density at radius 2 is 2.11 bits per heavy atom. The van der Waals surface area contributed by atoms with E-state index in [0.717, 1.165) is 37.0 Å². The van der Waals surface area contributed by atoms with E-state index in [-0.39, 0.29) is 5.75 Å². The SMILES string of the molecule is CCNC(=NCc1cccc(OC)c1O)NC1CCN(CC2CCCC2)C1. The first kappa shape index (κ1) is 19.8. The van der Waals surface area contributed by atoms with Gasteiger partial charge in [0.25, 0.3) is 0 Å². The maximum Gasteiger partial charge on any atom is 0.191 e. The fourth-order valence-electron chi connectivity index (χ4n) is 4.21. The molecule has 1 aliphatic heterocycles. The summed E-state index contributed by atoms with van der Waals surface area (Å²) in [5.74, 6) is 2.37. The van der Waals surface area contributed by atoms with Gasteiger partial charge in [-0.25, -0.2) is 4.99 Å². The molecule has 0 bridgehead atoms. The van der Waals surface area contributed by atoms with E-state index in [1.807, 2.05) is 12.1 Å². The zero-order valence-corrected chi connectivity index (χ0v) is 16.7. The molecule has 3 rings (SSSR count). The molecule has 1 unspecified atom stereocenters. The van der Waals surface area contributed by atoms with Gasteiger partial charge in [-0.2, -0.15) is 0 Å². The van der Waals surface area contributed by atoms with Crippen LogP contribution in [-0.4, -0.2) is 55.3 Å². The Morgan fingerprint density at radius 1 is 1.30 bits per heavy atom. The van der Waals surface area contributed by atoms with Crippen molar-refractivity contribution in [2.24, 2.45) is 10.9 Å². The summed E-state index contributed by atoms with van der Waals surface area (Å²) in [7, 11) is 1.56. The van der Waals surface area contributed by atoms with Gasteiger partial charge < -0.3 is 25.4 Å². The summed E-state index contributed by atoms with van der Waals surface area (Å²) in [6.45, 7) is 6.81. The van der Waals surface area contributed by atoms with Crippen LogP contribution in [0.15, 0.2) is 23.2 Å². The molecule has 3 N–H and O–H groups in total. The van der Waals surface area contributed by atoms with Crippen molar-refractivity contribution in [1.82, 2.24) is 15.5 Å². The highest BCUT2D eigenvalue weighted by atomic mass is 16.5. The Hall–Kier alpha value is -1.95. The number of methoxy groups -OCH3 is 1. The van der Waals surface area contributed by atoms with Crippen molar-refractivity contribution in [2.45, 2.75) is 51.6 Å². The number of aromatic hydroxyl groups is 1. The Bertz CT molecular complexity index is 629. The van der Waals surface area contributed by atoms with Crippen molar-refractivity contribution >= 4 is 5.96 Å². The molecule has 0 radical (unpaired) electrons. The number of phenolic OH excluding ortho intramolecular Hbond substituents is 1. The molecule has 0 aromatic heterocycles. The van der Waals surface area contributed by atoms with Crippen molar-refractivity contribution in [3.8, 4) is 11.5 Å². The van der Waals surface area contributed by atoms with Crippen LogP contribution in [0.5, 0.6) is 11.5 Å². The second kappa shape index (κ2) is 9.83. The standard InChI is InChI=1S/C21H34N4O2/c1-3-22-21(23-13-17-9-6-10-19(27-2)20(17)26)24-18-11-12-25(15-18)14-16-7-4-5-8-16/h6,9-10,16,18,26H,3-5,7-8,11-15H2,1-2H3,(H2,22,23,24). The highest BCUT2D eigenvalue weighted by Crippen LogP contribution is 2.30. The van der Waals surface area contributed by atoms with E-state index < -0.39 is 0 Å². The Morgan fingerprint density at radius 3 is 2.85 bits per heavy atom. The zero-order chi connectivity index (χ0) is 19.1. The number of benzene rings is 1. The van der Waals surface area contributed by atoms with Crippen LogP contribution >= 0.6 is 0 Å². The number of phenols is 1. The average molecular weight is 375 g/mol. The van der Waals surface area contributed by atoms with Gasteiger partial charge in [-0.15, -0.1) is 0 Å². The number of para-hydroxylation sites is 1. The van der Waals surface area contributed by atoms with Crippen molar-refractivity contribution in [1.29, 1.82) is 0 Å². The number of likely N-dealkylation sites (tertiary alicyclic amines) is 1. The number of ether oxygens (including phenoxy) is 1. The van der Waals surface area contributed by atoms with Crippen molar-refractivity contribution in [2.75, 3.05) is 33.3 Å². The van der Waals surface area contributed by atoms with Gasteiger partial charge in [-0.3, -0.25) is 0 Å². The van der Waals surface area contributed by atoms with E-state index in [0.29, 0.717) is 18.3 Å². The van der Waals surface area contributed by atoms with Gasteiger partial charge >= 0.3 is 0 Å². The van der Waals surface area contributed by atoms with E-state index >= 15 is 0 Å². The first-order valence-electron chi connectivity index (χ1n) is 10.3. The molecule has 1 atom stereocenters. The first-order chi connectivity index (χ1) is 13.2. The molecule has 1 heterocycles. The Kier molecular flexibility index (Phi) is 7.21. The van der Waals surface area contributed by atoms with Crippen LogP contribution in [0.1, 0.15) is 44.6 Å². The number of guanidine groups is 1. The van der Waals surface area contributed by atoms with E-state index in [9.17, 15) is 5.11 Å². The van der Waals surface area contributed by atoms with Crippen LogP contribution in [0.25, 0.3) is 0 Å². The third-order valence-corrected chi connectivity index (χ3v) is 5.66. The van der Waals surface area contributed by atoms with Crippen LogP contribution in [0, 0.1) is 5.92 Å². The molecule has 2 fully saturated rings. The van der Waals surface area contributed by atoms with Gasteiger partial charge in [0.05, 0.1) is 13.7 Å². The summed E-state index contributed by atoms with van der Waals surface area (Å²) in [5, 5.41) is 17.1. The molecule has 0 amide bonds. The first-order valence-corrected chi connectivity index (χ1v) is 10.3. The summed E-state index contributed by atoms with van der Waals surface area (Å²) >= 11 is 0. The minimum atomic E-state index is 0.170. The minimum absolute atomic E-state index is 0.170. The summed E-state index contributed by atoms with van der Waals surface area (Å²) in [4.78, 5) is 7.27. The minimum Gasteiger partial charge on any atom is -0.504 e. The van der Waals surface area contributed by atoms with Crippen molar-refractivity contribution in [3.63, 3.8) is 0 Å². The van der Waals surface area contributed by atoms with E-state index in [1.165, 1.54) is 38.8 Å². The van der Waals surface area contributed by atoms with Crippen molar-refractivity contribution in [3.05, 3.63) is 23.8 Å². The van der Waals surface area contributed by atoms with Crippen LogP contribution in [-0.2, 0) is 6.54 Å². The molecule has 6 nitrogen and oxygen atoms in total. The van der Waals surface area contributed by atoms with Gasteiger partial charge in [-0.1, -0.05) is 25.0 Å². The Labute approximate surface area is 163 Å². The van der Waals surface area contributed by atoms with Crippen LogP contribution in [0.2, 0.25) is 0 Å². The van der Waals surface area contributed by atoms with Gasteiger partial charge in [-0.05, 0) is 38.2 Å². The topological polar surface area (TPSA) is 69.1 Å². The molecule has 1 saturated heterocycles. The lowest BCUT2D eigenvalue weighted by atomic mass is 10.1. The molecule has 1 aliphatic carbocycles. The van der Waals surface area contributed by atoms with E-state index in [1.54, 1.807) is 13.2 Å². The normalized spacial score (nSPS) is 21.6. The molecule has 1 aromatic rings. The summed E-state index contributed by atoms with van der Waals surface area (Å²) < 4.78 is 5.18. The molecular formula is C21H34N4O2. The molecule has 1 saturated carbocycles. The van der Waals surface area contributed by atoms with Crippen LogP contribution < -0.4 is 15.4 Å². The predicted molar refractivity (Wildman–Crippen MR) is 109 cm³/mol. The number of aliphatic imine (C=N–C) groups is 1. The van der Waals surface area contributed by atoms with Gasteiger partial charge in [0.15, 0.2) is 17.5 Å². The number of hydrogen-bond donors (Lipinski definition) is 3. The monoisotopic (exact) mass is 374 g/mol. The van der Waals surface area contributed by atoms with E-state index in [4.69, 9.17) is 4.74 Å². The number of nitrogens with zero attached hydrogens (tertiary/aromatic N) is 2. The lowest BCUT2D eigenvalue weighted by Crippen LogP contribution is -2.44. The average Bonchev–Trinajstić information content (AvgIpc) is 3.33. The molecule has 6 heteroatoms.